The largest absolute Gasteiger partial charge is 0.477 e. The van der Waals surface area contributed by atoms with E-state index in [-0.39, 0.29) is 12.3 Å². The number of carboxylic acids is 1. The lowest BCUT2D eigenvalue weighted by molar-refractivity contribution is -0.403. The van der Waals surface area contributed by atoms with E-state index < -0.39 is 235 Å². The fourth-order valence-corrected chi connectivity index (χ4v) is 15.4. The van der Waals surface area contributed by atoms with Crippen LogP contribution in [0.2, 0.25) is 0 Å². The van der Waals surface area contributed by atoms with E-state index >= 15 is 0 Å². The van der Waals surface area contributed by atoms with Crippen molar-refractivity contribution in [1.29, 1.82) is 0 Å². The van der Waals surface area contributed by atoms with E-state index in [1.807, 2.05) is 6.08 Å². The predicted molar refractivity (Wildman–Crippen MR) is 415 cm³/mol. The van der Waals surface area contributed by atoms with Crippen LogP contribution in [0, 0.1) is 0 Å². The number of nitrogens with one attached hydrogen (secondary N) is 3. The number of unbranched alkanes of at least 4 members (excludes halogenated alkanes) is 30. The lowest BCUT2D eigenvalue weighted by Crippen LogP contribution is -2.72. The van der Waals surface area contributed by atoms with Gasteiger partial charge in [0, 0.05) is 26.7 Å². The van der Waals surface area contributed by atoms with Gasteiger partial charge in [-0.25, -0.2) is 4.79 Å². The highest BCUT2D eigenvalue weighted by atomic mass is 16.8. The summed E-state index contributed by atoms with van der Waals surface area (Å²) in [6.07, 6.45) is -4.52. The van der Waals surface area contributed by atoms with Crippen LogP contribution in [0.5, 0.6) is 0 Å². The highest BCUT2D eigenvalue weighted by molar-refractivity contribution is 5.77. The first-order valence-corrected chi connectivity index (χ1v) is 42.7. The van der Waals surface area contributed by atoms with Gasteiger partial charge < -0.3 is 150 Å². The minimum atomic E-state index is -3.38. The fourth-order valence-electron chi connectivity index (χ4n) is 15.4. The molecule has 5 aliphatic rings. The molecule has 34 nitrogen and oxygen atoms in total. The molecule has 5 aliphatic heterocycles. The van der Waals surface area contributed by atoms with Gasteiger partial charge in [-0.2, -0.15) is 0 Å². The molecule has 0 radical (unpaired) electrons. The van der Waals surface area contributed by atoms with Crippen LogP contribution in [0.25, 0.3) is 0 Å². The van der Waals surface area contributed by atoms with E-state index in [1.165, 1.54) is 141 Å². The van der Waals surface area contributed by atoms with Gasteiger partial charge in [0.05, 0.1) is 63.9 Å². The summed E-state index contributed by atoms with van der Waals surface area (Å²) in [5.41, 5.74) is 0. The Kier molecular flexibility index (Phi) is 49.7. The van der Waals surface area contributed by atoms with Gasteiger partial charge in [0.1, 0.15) is 116 Å². The van der Waals surface area contributed by atoms with Gasteiger partial charge in [0.2, 0.25) is 17.7 Å². The van der Waals surface area contributed by atoms with E-state index in [0.29, 0.717) is 12.8 Å². The van der Waals surface area contributed by atoms with Crippen molar-refractivity contribution in [3.8, 4) is 0 Å². The summed E-state index contributed by atoms with van der Waals surface area (Å²) in [6, 6.07) is -4.81. The van der Waals surface area contributed by atoms with Crippen LogP contribution in [-0.4, -0.2) is 321 Å². The Hall–Kier alpha value is -3.68. The summed E-state index contributed by atoms with van der Waals surface area (Å²) in [5, 5.41) is 197. The zero-order valence-electron chi connectivity index (χ0n) is 68.2. The molecule has 34 heteroatoms. The maximum Gasteiger partial charge on any atom is 0.364 e. The summed E-state index contributed by atoms with van der Waals surface area (Å²) < 4.78 is 60.2. The monoisotopic (exact) mass is 1660 g/mol. The van der Waals surface area contributed by atoms with E-state index in [1.54, 1.807) is 6.08 Å². The molecule has 5 fully saturated rings. The average molecular weight is 1660 g/mol. The standard InChI is InChI=1S/C81H145N3O31/c1-5-7-9-11-13-15-17-19-20-21-22-23-24-25-26-27-28-30-32-34-36-38-40-42-60(95)84-52(53(92)41-39-37-35-33-31-29-18-16-14-12-10-8-6-2)49-106-77-69(102)67(100)71(58(47-88)109-77)111-79-70(103)75(115-81(80(104)105)43-54(93)61(82-50(3)90)74(114-81)63(96)55(94)44-85)72(59(48-89)110-79)112-76-62(83-51(4)91)73(65(98)57(46-87)107-76)113-78-68(101)66(99)64(97)56(45-86)108-78/h19-20,39,41,52-59,61-79,85-89,92-94,96-103H,5-18,21-38,40,42-49H2,1-4H3,(H,82,90)(H,83,91)(H,84,95)(H,104,105)/b20-19-,41-39+/t52-,53+,54-,55-,56+,57+,58+,59+,61+,62+,63-,64-,65-,66-,67+,68+,69?,70+,71+,72-,73+,74?,75+,76-,77+,78-,79-,81-/m0/s1. The molecule has 670 valence electrons. The molecule has 0 aromatic rings. The average Bonchev–Trinajstić information content (AvgIpc) is 0.741. The minimum Gasteiger partial charge on any atom is -0.477 e. The molecule has 28 atom stereocenters. The normalized spacial score (nSPS) is 33.1. The lowest BCUT2D eigenvalue weighted by atomic mass is 9.88. The Morgan fingerprint density at radius 2 is 0.870 bits per heavy atom. The number of allylic oxidation sites excluding steroid dienone is 3. The summed E-state index contributed by atoms with van der Waals surface area (Å²) >= 11 is 0. The zero-order chi connectivity index (χ0) is 84.4. The van der Waals surface area contributed by atoms with Crippen LogP contribution in [0.15, 0.2) is 24.3 Å². The summed E-state index contributed by atoms with van der Waals surface area (Å²) in [7, 11) is 0. The highest BCUT2D eigenvalue weighted by Crippen LogP contribution is 2.41. The van der Waals surface area contributed by atoms with Crippen LogP contribution >= 0.6 is 0 Å². The lowest BCUT2D eigenvalue weighted by Gasteiger charge is -2.52. The molecule has 5 rings (SSSR count). The molecule has 0 bridgehead atoms. The van der Waals surface area contributed by atoms with Crippen molar-refractivity contribution in [3.05, 3.63) is 24.3 Å². The Labute approximate surface area is 677 Å². The van der Waals surface area contributed by atoms with Crippen molar-refractivity contribution in [1.82, 2.24) is 16.0 Å². The number of aliphatic carboxylic acids is 1. The second-order valence-corrected chi connectivity index (χ2v) is 31.7. The molecular formula is C81H145N3O31. The third-order valence-corrected chi connectivity index (χ3v) is 22.2. The van der Waals surface area contributed by atoms with E-state index in [2.05, 4.69) is 41.9 Å². The molecule has 0 aromatic carbocycles. The molecule has 115 heavy (non-hydrogen) atoms. The number of carboxylic acid groups (broad SMARTS) is 1. The molecule has 0 saturated carbocycles. The Bertz CT molecular complexity index is 2700. The fraction of sp³-hybridized carbons (Fsp3) is 0.901. The zero-order valence-corrected chi connectivity index (χ0v) is 68.2. The molecule has 5 saturated heterocycles. The van der Waals surface area contributed by atoms with Gasteiger partial charge in [0.15, 0.2) is 25.2 Å². The first kappa shape index (κ1) is 102. The maximum absolute atomic E-state index is 13.9. The number of aliphatic hydroxyl groups is 16. The second kappa shape index (κ2) is 56.1. The van der Waals surface area contributed by atoms with Crippen molar-refractivity contribution in [2.24, 2.45) is 0 Å². The van der Waals surface area contributed by atoms with E-state index in [0.717, 1.165) is 71.6 Å². The molecule has 5 heterocycles. The third-order valence-electron chi connectivity index (χ3n) is 22.2. The number of hydrogen-bond acceptors (Lipinski definition) is 30. The first-order chi connectivity index (χ1) is 55.3. The number of carbonyl (C=O) groups excluding carboxylic acids is 3. The van der Waals surface area contributed by atoms with Crippen LogP contribution in [0.1, 0.15) is 252 Å². The quantitative estimate of drug-likeness (QED) is 0.0305. The summed E-state index contributed by atoms with van der Waals surface area (Å²) in [6.45, 7) is 0.344. The Morgan fingerprint density at radius 3 is 1.37 bits per heavy atom. The Morgan fingerprint density at radius 1 is 0.452 bits per heavy atom. The molecule has 0 aromatic heterocycles. The van der Waals surface area contributed by atoms with Gasteiger partial charge in [-0.1, -0.05) is 205 Å². The number of aliphatic hydroxyl groups excluding tert-OH is 16. The van der Waals surface area contributed by atoms with Crippen LogP contribution < -0.4 is 16.0 Å². The van der Waals surface area contributed by atoms with Gasteiger partial charge >= 0.3 is 5.97 Å². The van der Waals surface area contributed by atoms with Crippen molar-refractivity contribution in [3.63, 3.8) is 0 Å². The second-order valence-electron chi connectivity index (χ2n) is 31.7. The maximum atomic E-state index is 13.9. The SMILES string of the molecule is CCCCCCCC/C=C\CCCCCCCCCCCCCCCC(=O)N[C@@H](CO[C@@H]1O[C@H](CO)[C@@H](O[C@@H]2O[C@H](CO)[C@H](O[C@@H]3O[C@H](CO)[C@H](O)[C@H](O[C@@H]4O[C@H](CO)[C@H](O)[C@H](O)[C@H]4O)[C@H]3NC(C)=O)[C@H](O[C@]3(C(=O)O)C[C@H](O)[C@@H](NC(C)=O)C([C@@H](O)[C@@H](O)CO)O3)[C@H]2O)[C@H](O)C1O)[C@H](O)/C=C/CCCCCCCCCCCCC. The van der Waals surface area contributed by atoms with Crippen LogP contribution in [0.3, 0.4) is 0 Å². The van der Waals surface area contributed by atoms with Crippen molar-refractivity contribution < 1.29 is 153 Å². The highest BCUT2D eigenvalue weighted by Gasteiger charge is 2.62. The van der Waals surface area contributed by atoms with E-state index in [9.17, 15) is 106 Å². The van der Waals surface area contributed by atoms with Crippen molar-refractivity contribution in [2.75, 3.05) is 39.6 Å². The molecule has 0 spiro atoms. The van der Waals surface area contributed by atoms with Gasteiger partial charge in [-0.3, -0.25) is 14.4 Å². The molecular weight excluding hydrogens is 1510 g/mol. The van der Waals surface area contributed by atoms with Gasteiger partial charge in [0.25, 0.3) is 5.79 Å². The van der Waals surface area contributed by atoms with Crippen LogP contribution in [0.4, 0.5) is 0 Å². The molecule has 2 unspecified atom stereocenters. The Balaban J connectivity index is 1.32. The number of amides is 3. The number of hydrogen-bond donors (Lipinski definition) is 20. The molecule has 3 amide bonds. The number of rotatable bonds is 59. The minimum absolute atomic E-state index is 0.132. The number of ether oxygens (including phenoxy) is 10. The van der Waals surface area contributed by atoms with Crippen molar-refractivity contribution in [2.45, 2.75) is 424 Å². The van der Waals surface area contributed by atoms with Crippen molar-refractivity contribution >= 4 is 23.7 Å². The predicted octanol–water partition coefficient (Wildman–Crippen LogP) is 1.85. The molecule has 20 N–H and O–H groups in total. The van der Waals surface area contributed by atoms with Gasteiger partial charge in [-0.15, -0.1) is 0 Å². The summed E-state index contributed by atoms with van der Waals surface area (Å²) in [5.74, 6) is -7.71. The van der Waals surface area contributed by atoms with Gasteiger partial charge in [-0.05, 0) is 44.9 Å². The topological polar surface area (TPSA) is 541 Å². The first-order valence-electron chi connectivity index (χ1n) is 42.7. The van der Waals surface area contributed by atoms with E-state index in [4.69, 9.17) is 47.4 Å². The third kappa shape index (κ3) is 33.6. The molecule has 0 aliphatic carbocycles. The number of carbonyl (C=O) groups is 4. The smallest absolute Gasteiger partial charge is 0.364 e. The summed E-state index contributed by atoms with van der Waals surface area (Å²) in [4.78, 5) is 53.1. The van der Waals surface area contributed by atoms with Crippen LogP contribution in [-0.2, 0) is 66.5 Å².